The van der Waals surface area contributed by atoms with E-state index in [0.717, 1.165) is 16.5 Å². The highest BCUT2D eigenvalue weighted by atomic mass is 32.2. The van der Waals surface area contributed by atoms with E-state index in [9.17, 15) is 13.2 Å². The van der Waals surface area contributed by atoms with Gasteiger partial charge in [-0.25, -0.2) is 13.1 Å². The van der Waals surface area contributed by atoms with Crippen LogP contribution in [0.1, 0.15) is 11.1 Å². The number of rotatable bonds is 8. The number of sulfonamides is 1. The lowest BCUT2D eigenvalue weighted by molar-refractivity contribution is 0.414. The summed E-state index contributed by atoms with van der Waals surface area (Å²) in [4.78, 5) is 14.9. The maximum Gasteiger partial charge on any atom is 0.251 e. The standard InChI is InChI=1S/C20H22N2O4S/c1-26-18-7-4-5-15(13-18)10-12-27(24,25)21-11-9-17-14-16-6-2-3-8-19(16)22-20(17)23/h2-8,13-14,21H,9-12H2,1H3,(H,22,23). The second-order valence-electron chi connectivity index (χ2n) is 6.28. The van der Waals surface area contributed by atoms with Gasteiger partial charge in [-0.05, 0) is 48.1 Å². The van der Waals surface area contributed by atoms with Gasteiger partial charge in [0.1, 0.15) is 5.75 Å². The number of aromatic amines is 1. The van der Waals surface area contributed by atoms with Crippen molar-refractivity contribution in [1.29, 1.82) is 0 Å². The maximum absolute atomic E-state index is 12.2. The summed E-state index contributed by atoms with van der Waals surface area (Å²) in [6.07, 6.45) is 0.724. The van der Waals surface area contributed by atoms with Crippen LogP contribution >= 0.6 is 0 Å². The van der Waals surface area contributed by atoms with Crippen LogP contribution in [0.3, 0.4) is 0 Å². The number of hydrogen-bond acceptors (Lipinski definition) is 4. The van der Waals surface area contributed by atoms with Crippen molar-refractivity contribution in [1.82, 2.24) is 9.71 Å². The molecular formula is C20H22N2O4S. The first-order chi connectivity index (χ1) is 13.0. The molecule has 27 heavy (non-hydrogen) atoms. The fourth-order valence-corrected chi connectivity index (χ4v) is 3.93. The summed E-state index contributed by atoms with van der Waals surface area (Å²) in [6.45, 7) is 0.182. The Labute approximate surface area is 158 Å². The van der Waals surface area contributed by atoms with E-state index in [-0.39, 0.29) is 17.9 Å². The van der Waals surface area contributed by atoms with Gasteiger partial charge >= 0.3 is 0 Å². The summed E-state index contributed by atoms with van der Waals surface area (Å²) < 4.78 is 32.1. The fraction of sp³-hybridized carbons (Fsp3) is 0.250. The largest absolute Gasteiger partial charge is 0.497 e. The number of fused-ring (bicyclic) bond motifs is 1. The number of nitrogens with one attached hydrogen (secondary N) is 2. The highest BCUT2D eigenvalue weighted by Crippen LogP contribution is 2.13. The van der Waals surface area contributed by atoms with Gasteiger partial charge in [0.05, 0.1) is 12.9 Å². The first-order valence-electron chi connectivity index (χ1n) is 8.68. The molecule has 142 valence electrons. The first-order valence-corrected chi connectivity index (χ1v) is 10.3. The van der Waals surface area contributed by atoms with Gasteiger partial charge in [0.15, 0.2) is 0 Å². The molecule has 1 heterocycles. The Morgan fingerprint density at radius 1 is 1.04 bits per heavy atom. The van der Waals surface area contributed by atoms with Gasteiger partial charge in [-0.2, -0.15) is 0 Å². The number of aryl methyl sites for hydroxylation is 1. The number of benzene rings is 2. The zero-order chi connectivity index (χ0) is 19.3. The van der Waals surface area contributed by atoms with Gasteiger partial charge in [0.25, 0.3) is 5.56 Å². The summed E-state index contributed by atoms with van der Waals surface area (Å²) in [5, 5.41) is 0.924. The van der Waals surface area contributed by atoms with E-state index in [1.54, 1.807) is 13.2 Å². The van der Waals surface area contributed by atoms with Crippen LogP contribution in [0.25, 0.3) is 10.9 Å². The number of H-pyrrole nitrogens is 1. The van der Waals surface area contributed by atoms with E-state index in [2.05, 4.69) is 9.71 Å². The van der Waals surface area contributed by atoms with Crippen LogP contribution in [-0.4, -0.2) is 32.8 Å². The minimum atomic E-state index is -3.43. The average Bonchev–Trinajstić information content (AvgIpc) is 2.67. The molecule has 0 fully saturated rings. The molecule has 7 heteroatoms. The number of hydrogen-bond donors (Lipinski definition) is 2. The van der Waals surface area contributed by atoms with E-state index in [0.29, 0.717) is 24.2 Å². The summed E-state index contributed by atoms with van der Waals surface area (Å²) >= 11 is 0. The van der Waals surface area contributed by atoms with E-state index in [1.165, 1.54) is 0 Å². The Morgan fingerprint density at radius 2 is 1.85 bits per heavy atom. The van der Waals surface area contributed by atoms with Gasteiger partial charge in [0, 0.05) is 17.6 Å². The van der Waals surface area contributed by atoms with Crippen LogP contribution in [0.2, 0.25) is 0 Å². The monoisotopic (exact) mass is 386 g/mol. The third kappa shape index (κ3) is 5.18. The van der Waals surface area contributed by atoms with Crippen molar-refractivity contribution in [2.75, 3.05) is 19.4 Å². The SMILES string of the molecule is COc1cccc(CCS(=O)(=O)NCCc2cc3ccccc3[nH]c2=O)c1. The van der Waals surface area contributed by atoms with E-state index < -0.39 is 10.0 Å². The van der Waals surface area contributed by atoms with Gasteiger partial charge in [-0.1, -0.05) is 30.3 Å². The average molecular weight is 386 g/mol. The molecule has 0 radical (unpaired) electrons. The lowest BCUT2D eigenvalue weighted by Gasteiger charge is -2.08. The maximum atomic E-state index is 12.2. The van der Waals surface area contributed by atoms with Crippen LogP contribution in [-0.2, 0) is 22.9 Å². The van der Waals surface area contributed by atoms with E-state index >= 15 is 0 Å². The molecule has 0 amide bonds. The zero-order valence-electron chi connectivity index (χ0n) is 15.1. The van der Waals surface area contributed by atoms with Crippen molar-refractivity contribution in [2.24, 2.45) is 0 Å². The smallest absolute Gasteiger partial charge is 0.251 e. The molecule has 0 spiro atoms. The Balaban J connectivity index is 1.57. The molecule has 0 saturated carbocycles. The molecule has 0 atom stereocenters. The van der Waals surface area contributed by atoms with Crippen LogP contribution in [0.5, 0.6) is 5.75 Å². The second-order valence-corrected chi connectivity index (χ2v) is 8.20. The Kier molecular flexibility index (Phi) is 5.93. The molecule has 0 aliphatic heterocycles. The van der Waals surface area contributed by atoms with Crippen molar-refractivity contribution in [3.05, 3.63) is 76.1 Å². The molecule has 0 aliphatic rings. The van der Waals surface area contributed by atoms with Crippen LogP contribution in [0.15, 0.2) is 59.4 Å². The van der Waals surface area contributed by atoms with Crippen molar-refractivity contribution < 1.29 is 13.2 Å². The minimum absolute atomic E-state index is 0.0196. The molecule has 1 aromatic heterocycles. The topological polar surface area (TPSA) is 88.3 Å². The summed E-state index contributed by atoms with van der Waals surface area (Å²) in [7, 11) is -1.85. The molecule has 0 unspecified atom stereocenters. The molecular weight excluding hydrogens is 364 g/mol. The van der Waals surface area contributed by atoms with Gasteiger partial charge in [0.2, 0.25) is 10.0 Å². The van der Waals surface area contributed by atoms with Crippen molar-refractivity contribution in [2.45, 2.75) is 12.8 Å². The third-order valence-corrected chi connectivity index (χ3v) is 5.73. The van der Waals surface area contributed by atoms with Gasteiger partial charge in [-0.3, -0.25) is 4.79 Å². The second kappa shape index (κ2) is 8.37. The number of ether oxygens (including phenoxy) is 1. The van der Waals surface area contributed by atoms with E-state index in [1.807, 2.05) is 48.5 Å². The van der Waals surface area contributed by atoms with Crippen LogP contribution in [0, 0.1) is 0 Å². The molecule has 0 aliphatic carbocycles. The molecule has 2 N–H and O–H groups in total. The Hall–Kier alpha value is -2.64. The number of aromatic nitrogens is 1. The third-order valence-electron chi connectivity index (χ3n) is 4.34. The van der Waals surface area contributed by atoms with Crippen molar-refractivity contribution in [3.63, 3.8) is 0 Å². The van der Waals surface area contributed by atoms with Crippen LogP contribution in [0.4, 0.5) is 0 Å². The molecule has 0 bridgehead atoms. The normalized spacial score (nSPS) is 11.6. The predicted octanol–water partition coefficient (Wildman–Crippen LogP) is 2.24. The van der Waals surface area contributed by atoms with Crippen molar-refractivity contribution >= 4 is 20.9 Å². The van der Waals surface area contributed by atoms with Gasteiger partial charge in [-0.15, -0.1) is 0 Å². The summed E-state index contributed by atoms with van der Waals surface area (Å²) in [5.74, 6) is 0.683. The molecule has 3 aromatic rings. The molecule has 2 aromatic carbocycles. The Morgan fingerprint density at radius 3 is 2.67 bits per heavy atom. The highest BCUT2D eigenvalue weighted by molar-refractivity contribution is 7.89. The Bertz CT molecular complexity index is 1090. The van der Waals surface area contributed by atoms with Crippen LogP contribution < -0.4 is 15.0 Å². The zero-order valence-corrected chi connectivity index (χ0v) is 15.9. The van der Waals surface area contributed by atoms with Gasteiger partial charge < -0.3 is 9.72 Å². The fourth-order valence-electron chi connectivity index (χ4n) is 2.87. The highest BCUT2D eigenvalue weighted by Gasteiger charge is 2.11. The summed E-state index contributed by atoms with van der Waals surface area (Å²) in [6, 6.07) is 16.6. The lowest BCUT2D eigenvalue weighted by atomic mass is 10.1. The number of methoxy groups -OCH3 is 1. The number of para-hydroxylation sites is 1. The molecule has 3 rings (SSSR count). The predicted molar refractivity (Wildman–Crippen MR) is 107 cm³/mol. The van der Waals surface area contributed by atoms with Crippen molar-refractivity contribution in [3.8, 4) is 5.75 Å². The lowest BCUT2D eigenvalue weighted by Crippen LogP contribution is -2.30. The molecule has 6 nitrogen and oxygen atoms in total. The molecule has 0 saturated heterocycles. The first kappa shape index (κ1) is 19.1. The minimum Gasteiger partial charge on any atom is -0.497 e. The summed E-state index contributed by atoms with van der Waals surface area (Å²) in [5.41, 5.74) is 2.03. The quantitative estimate of drug-likeness (QED) is 0.621. The number of pyridine rings is 1. The van der Waals surface area contributed by atoms with E-state index in [4.69, 9.17) is 4.74 Å².